The molecule has 0 unspecified atom stereocenters. The van der Waals surface area contributed by atoms with Crippen molar-refractivity contribution in [2.24, 2.45) is 0 Å². The highest BCUT2D eigenvalue weighted by Crippen LogP contribution is 2.31. The molecule has 22 heavy (non-hydrogen) atoms. The molecule has 1 aliphatic heterocycles. The quantitative estimate of drug-likeness (QED) is 0.862. The summed E-state index contributed by atoms with van der Waals surface area (Å²) in [7, 11) is 0. The number of anilines is 2. The van der Waals surface area contributed by atoms with Gasteiger partial charge < -0.3 is 10.6 Å². The van der Waals surface area contributed by atoms with E-state index in [1.54, 1.807) is 0 Å². The summed E-state index contributed by atoms with van der Waals surface area (Å²) in [5, 5.41) is 0. The molecule has 116 valence electrons. The predicted octanol–water partition coefficient (Wildman–Crippen LogP) is 3.52. The lowest BCUT2D eigenvalue weighted by Crippen LogP contribution is -2.36. The van der Waals surface area contributed by atoms with Crippen molar-refractivity contribution in [2.45, 2.75) is 26.2 Å². The molecule has 2 aromatic carbocycles. The van der Waals surface area contributed by atoms with Gasteiger partial charge in [0.1, 0.15) is 0 Å². The van der Waals surface area contributed by atoms with E-state index < -0.39 is 0 Å². The van der Waals surface area contributed by atoms with Gasteiger partial charge in [-0.1, -0.05) is 35.9 Å². The van der Waals surface area contributed by atoms with E-state index in [4.69, 9.17) is 5.73 Å². The fourth-order valence-corrected chi connectivity index (χ4v) is 3.00. The number of rotatable bonds is 2. The zero-order valence-electron chi connectivity index (χ0n) is 12.7. The molecule has 0 spiro atoms. The van der Waals surface area contributed by atoms with Crippen molar-refractivity contribution in [3.63, 3.8) is 0 Å². The van der Waals surface area contributed by atoms with Gasteiger partial charge in [0.2, 0.25) is 5.91 Å². The lowest BCUT2D eigenvalue weighted by molar-refractivity contribution is -0.118. The van der Waals surface area contributed by atoms with Gasteiger partial charge >= 0.3 is 0 Å². The third-order valence-electron chi connectivity index (χ3n) is 4.03. The van der Waals surface area contributed by atoms with E-state index in [-0.39, 0.29) is 18.3 Å². The second kappa shape index (κ2) is 6.84. The van der Waals surface area contributed by atoms with Gasteiger partial charge in [0.05, 0.1) is 6.42 Å². The summed E-state index contributed by atoms with van der Waals surface area (Å²) in [5.41, 5.74) is 11.2. The Bertz CT molecular complexity index is 685. The Labute approximate surface area is 137 Å². The first-order valence-corrected chi connectivity index (χ1v) is 7.38. The van der Waals surface area contributed by atoms with Gasteiger partial charge in [-0.25, -0.2) is 0 Å². The number of benzene rings is 2. The smallest absolute Gasteiger partial charge is 0.231 e. The van der Waals surface area contributed by atoms with Crippen molar-refractivity contribution >= 4 is 29.7 Å². The van der Waals surface area contributed by atoms with Crippen LogP contribution in [-0.4, -0.2) is 12.5 Å². The molecule has 0 fully saturated rings. The van der Waals surface area contributed by atoms with Crippen LogP contribution in [0.25, 0.3) is 0 Å². The van der Waals surface area contributed by atoms with Crippen LogP contribution < -0.4 is 10.6 Å². The number of hydrogen-bond acceptors (Lipinski definition) is 2. The van der Waals surface area contributed by atoms with Crippen LogP contribution in [0.3, 0.4) is 0 Å². The Balaban J connectivity index is 0.00000176. The van der Waals surface area contributed by atoms with Crippen LogP contribution >= 0.6 is 12.4 Å². The van der Waals surface area contributed by atoms with Crippen LogP contribution in [0.5, 0.6) is 0 Å². The first-order chi connectivity index (χ1) is 10.1. The van der Waals surface area contributed by atoms with Gasteiger partial charge in [-0.05, 0) is 43.0 Å². The van der Waals surface area contributed by atoms with Crippen molar-refractivity contribution in [1.29, 1.82) is 0 Å². The van der Waals surface area contributed by atoms with E-state index in [2.05, 4.69) is 6.07 Å². The number of fused-ring (bicyclic) bond motifs is 1. The summed E-state index contributed by atoms with van der Waals surface area (Å²) in [6, 6.07) is 14.0. The van der Waals surface area contributed by atoms with Gasteiger partial charge in [0, 0.05) is 17.9 Å². The maximum absolute atomic E-state index is 12.6. The average molecular weight is 317 g/mol. The minimum atomic E-state index is 0. The Morgan fingerprint density at radius 3 is 2.77 bits per heavy atom. The molecule has 3 rings (SSSR count). The van der Waals surface area contributed by atoms with Crippen molar-refractivity contribution in [1.82, 2.24) is 0 Å². The third kappa shape index (κ3) is 3.25. The minimum Gasteiger partial charge on any atom is -0.398 e. The summed E-state index contributed by atoms with van der Waals surface area (Å²) in [6.45, 7) is 2.83. The molecule has 2 aromatic rings. The largest absolute Gasteiger partial charge is 0.398 e. The Kier molecular flexibility index (Phi) is 5.09. The molecule has 3 nitrogen and oxygen atoms in total. The van der Waals surface area contributed by atoms with Crippen molar-refractivity contribution < 1.29 is 4.79 Å². The molecule has 2 N–H and O–H groups in total. The number of hydrogen-bond donors (Lipinski definition) is 1. The van der Waals surface area contributed by atoms with E-state index in [9.17, 15) is 4.79 Å². The van der Waals surface area contributed by atoms with E-state index in [0.29, 0.717) is 6.42 Å². The molecular weight excluding hydrogens is 296 g/mol. The van der Waals surface area contributed by atoms with E-state index >= 15 is 0 Å². The SMILES string of the molecule is Cc1cccc(CC(=O)N2CCCc3c(N)cccc32)c1.Cl. The van der Waals surface area contributed by atoms with E-state index in [1.165, 1.54) is 5.56 Å². The first-order valence-electron chi connectivity index (χ1n) is 7.38. The van der Waals surface area contributed by atoms with Gasteiger partial charge in [0.25, 0.3) is 0 Å². The summed E-state index contributed by atoms with van der Waals surface area (Å²) >= 11 is 0. The summed E-state index contributed by atoms with van der Waals surface area (Å²) in [5.74, 6) is 0.146. The topological polar surface area (TPSA) is 46.3 Å². The molecule has 1 aliphatic rings. The number of carbonyl (C=O) groups is 1. The Hall–Kier alpha value is -2.00. The van der Waals surface area contributed by atoms with Crippen LogP contribution in [0.1, 0.15) is 23.1 Å². The van der Waals surface area contributed by atoms with Crippen LogP contribution in [0.15, 0.2) is 42.5 Å². The molecule has 0 aromatic heterocycles. The summed E-state index contributed by atoms with van der Waals surface area (Å²) in [6.07, 6.45) is 2.37. The average Bonchev–Trinajstić information content (AvgIpc) is 2.47. The maximum atomic E-state index is 12.6. The first kappa shape index (κ1) is 16.4. The van der Waals surface area contributed by atoms with Gasteiger partial charge in [-0.2, -0.15) is 0 Å². The van der Waals surface area contributed by atoms with E-state index in [1.807, 2.05) is 48.2 Å². The minimum absolute atomic E-state index is 0. The van der Waals surface area contributed by atoms with Crippen LogP contribution in [0.4, 0.5) is 11.4 Å². The number of nitrogen functional groups attached to an aromatic ring is 1. The lowest BCUT2D eigenvalue weighted by Gasteiger charge is -2.30. The van der Waals surface area contributed by atoms with Crippen LogP contribution in [0, 0.1) is 6.92 Å². The maximum Gasteiger partial charge on any atom is 0.231 e. The molecular formula is C18H21ClN2O. The number of nitrogens with zero attached hydrogens (tertiary/aromatic N) is 1. The highest BCUT2D eigenvalue weighted by atomic mass is 35.5. The highest BCUT2D eigenvalue weighted by molar-refractivity contribution is 5.96. The van der Waals surface area contributed by atoms with Gasteiger partial charge in [0.15, 0.2) is 0 Å². The number of amides is 1. The number of nitrogens with two attached hydrogens (primary N) is 1. The van der Waals surface area contributed by atoms with Crippen LogP contribution in [-0.2, 0) is 17.6 Å². The summed E-state index contributed by atoms with van der Waals surface area (Å²) in [4.78, 5) is 14.5. The molecule has 0 saturated carbocycles. The molecule has 0 saturated heterocycles. The standard InChI is InChI=1S/C18H20N2O.ClH/c1-13-5-2-6-14(11-13)12-18(21)20-10-4-7-15-16(19)8-3-9-17(15)20;/h2-3,5-6,8-9,11H,4,7,10,12,19H2,1H3;1H. The molecule has 0 aliphatic carbocycles. The fourth-order valence-electron chi connectivity index (χ4n) is 3.00. The molecule has 0 atom stereocenters. The monoisotopic (exact) mass is 316 g/mol. The molecule has 1 amide bonds. The number of carbonyl (C=O) groups excluding carboxylic acids is 1. The van der Waals surface area contributed by atoms with Gasteiger partial charge in [-0.3, -0.25) is 4.79 Å². The number of aryl methyl sites for hydroxylation is 1. The highest BCUT2D eigenvalue weighted by Gasteiger charge is 2.23. The van der Waals surface area contributed by atoms with Crippen LogP contribution in [0.2, 0.25) is 0 Å². The Morgan fingerprint density at radius 2 is 2.00 bits per heavy atom. The Morgan fingerprint density at radius 1 is 1.23 bits per heavy atom. The van der Waals surface area contributed by atoms with Crippen molar-refractivity contribution in [2.75, 3.05) is 17.2 Å². The molecule has 1 heterocycles. The second-order valence-corrected chi connectivity index (χ2v) is 5.66. The molecule has 4 heteroatoms. The molecule has 0 bridgehead atoms. The lowest BCUT2D eigenvalue weighted by atomic mass is 9.99. The summed E-state index contributed by atoms with van der Waals surface area (Å²) < 4.78 is 0. The number of halogens is 1. The normalized spacial score (nSPS) is 13.2. The molecule has 0 radical (unpaired) electrons. The zero-order valence-corrected chi connectivity index (χ0v) is 13.5. The third-order valence-corrected chi connectivity index (χ3v) is 4.03. The van der Waals surface area contributed by atoms with Crippen molar-refractivity contribution in [3.8, 4) is 0 Å². The second-order valence-electron chi connectivity index (χ2n) is 5.66. The van der Waals surface area contributed by atoms with Gasteiger partial charge in [-0.15, -0.1) is 12.4 Å². The van der Waals surface area contributed by atoms with E-state index in [0.717, 1.165) is 41.9 Å². The van der Waals surface area contributed by atoms with Crippen molar-refractivity contribution in [3.05, 3.63) is 59.2 Å². The predicted molar refractivity (Wildman–Crippen MR) is 93.7 cm³/mol. The zero-order chi connectivity index (χ0) is 14.8. The fraction of sp³-hybridized carbons (Fsp3) is 0.278.